The van der Waals surface area contributed by atoms with Gasteiger partial charge in [0.15, 0.2) is 11.6 Å². The van der Waals surface area contributed by atoms with E-state index in [1.54, 1.807) is 16.8 Å². The second-order valence-electron chi connectivity index (χ2n) is 8.91. The van der Waals surface area contributed by atoms with Gasteiger partial charge in [-0.25, -0.2) is 25.4 Å². The highest BCUT2D eigenvalue weighted by Crippen LogP contribution is 2.35. The van der Waals surface area contributed by atoms with Crippen LogP contribution in [0.1, 0.15) is 15.2 Å². The third kappa shape index (κ3) is 5.31. The van der Waals surface area contributed by atoms with Crippen LogP contribution < -0.4 is 20.2 Å². The van der Waals surface area contributed by atoms with Gasteiger partial charge >= 0.3 is 0 Å². The molecule has 3 aromatic heterocycles. The number of anilines is 3. The van der Waals surface area contributed by atoms with Crippen LogP contribution in [0.15, 0.2) is 42.7 Å². The highest BCUT2D eigenvalue weighted by molar-refractivity contribution is 7.19. The number of fused-ring (bicyclic) bond motifs is 1. The van der Waals surface area contributed by atoms with Crippen LogP contribution in [0.25, 0.3) is 21.6 Å². The number of nitrogens with one attached hydrogen (secondary N) is 1. The van der Waals surface area contributed by atoms with Crippen LogP contribution in [-0.2, 0) is 11.3 Å². The first kappa shape index (κ1) is 24.8. The average molecular weight is 521 g/mol. The number of hydrogen-bond donors (Lipinski definition) is 2. The minimum Gasteiger partial charge on any atom is -0.378 e. The summed E-state index contributed by atoms with van der Waals surface area (Å²) < 4.78 is 6.62. The number of nitrogens with zero attached hydrogens (tertiary/aromatic N) is 7. The molecule has 12 heteroatoms. The van der Waals surface area contributed by atoms with E-state index in [0.717, 1.165) is 45.3 Å². The average Bonchev–Trinajstić information content (AvgIpc) is 3.35. The maximum Gasteiger partial charge on any atom is 0.277 e. The largest absolute Gasteiger partial charge is 0.378 e. The molecular weight excluding hydrogens is 492 g/mol. The highest BCUT2D eigenvalue weighted by atomic mass is 32.1. The second-order valence-corrected chi connectivity index (χ2v) is 10.0. The molecule has 2 N–H and O–H groups in total. The summed E-state index contributed by atoms with van der Waals surface area (Å²) in [5.41, 5.74) is 4.71. The number of carbonyl (C=O) groups excluding carboxylic acids is 1. The lowest BCUT2D eigenvalue weighted by atomic mass is 10.1. The normalized spacial score (nSPS) is 13.6. The fourth-order valence-corrected chi connectivity index (χ4v) is 5.25. The summed E-state index contributed by atoms with van der Waals surface area (Å²) in [6, 6.07) is 10.3. The van der Waals surface area contributed by atoms with Gasteiger partial charge in [-0.05, 0) is 18.2 Å². The monoisotopic (exact) mass is 520 g/mol. The van der Waals surface area contributed by atoms with Crippen molar-refractivity contribution in [2.75, 3.05) is 62.1 Å². The summed E-state index contributed by atoms with van der Waals surface area (Å²) in [5.74, 6) is 1.43. The van der Waals surface area contributed by atoms with E-state index in [1.165, 1.54) is 12.4 Å². The molecule has 192 valence electrons. The van der Waals surface area contributed by atoms with Gasteiger partial charge in [-0.3, -0.25) is 10.0 Å². The summed E-state index contributed by atoms with van der Waals surface area (Å²) >= 11 is 1.65. The molecule has 0 aliphatic carbocycles. The van der Waals surface area contributed by atoms with Gasteiger partial charge in [-0.2, -0.15) is 0 Å². The Bertz CT molecular complexity index is 1400. The molecule has 4 heterocycles. The van der Waals surface area contributed by atoms with Gasteiger partial charge in [0.25, 0.3) is 5.91 Å². The lowest BCUT2D eigenvalue weighted by Crippen LogP contribution is -2.36. The summed E-state index contributed by atoms with van der Waals surface area (Å²) in [5, 5.41) is 8.79. The van der Waals surface area contributed by atoms with Crippen molar-refractivity contribution in [3.05, 3.63) is 53.2 Å². The zero-order chi connectivity index (χ0) is 25.9. The Hall–Kier alpha value is -3.87. The van der Waals surface area contributed by atoms with Crippen molar-refractivity contribution >= 4 is 44.9 Å². The van der Waals surface area contributed by atoms with Crippen molar-refractivity contribution in [1.82, 2.24) is 25.4 Å². The number of ether oxygens (including phenoxy) is 1. The Labute approximate surface area is 218 Å². The number of carbonyl (C=O) groups is 1. The lowest BCUT2D eigenvalue weighted by Gasteiger charge is -2.28. The summed E-state index contributed by atoms with van der Waals surface area (Å²) in [6.07, 6.45) is 2.76. The maximum atomic E-state index is 11.5. The number of morpholine rings is 1. The quantitative estimate of drug-likeness (QED) is 0.278. The van der Waals surface area contributed by atoms with E-state index in [2.05, 4.69) is 38.0 Å². The predicted molar refractivity (Wildman–Crippen MR) is 144 cm³/mol. The van der Waals surface area contributed by atoms with Crippen molar-refractivity contribution in [2.24, 2.45) is 0 Å². The fraction of sp³-hybridized carbons (Fsp3) is 0.320. The first-order valence-corrected chi connectivity index (χ1v) is 12.6. The molecule has 37 heavy (non-hydrogen) atoms. The zero-order valence-electron chi connectivity index (χ0n) is 20.9. The molecule has 0 saturated carbocycles. The number of hydroxylamine groups is 1. The third-order valence-corrected chi connectivity index (χ3v) is 7.18. The number of thiophene rings is 1. The van der Waals surface area contributed by atoms with Crippen molar-refractivity contribution in [1.29, 1.82) is 0 Å². The van der Waals surface area contributed by atoms with E-state index in [0.29, 0.717) is 31.5 Å². The first-order valence-electron chi connectivity index (χ1n) is 11.8. The predicted octanol–water partition coefficient (Wildman–Crippen LogP) is 2.81. The van der Waals surface area contributed by atoms with Gasteiger partial charge in [0.05, 0.1) is 35.5 Å². The fourth-order valence-electron chi connectivity index (χ4n) is 4.09. The summed E-state index contributed by atoms with van der Waals surface area (Å²) in [4.78, 5) is 37.4. The van der Waals surface area contributed by atoms with Crippen LogP contribution in [0.4, 0.5) is 17.5 Å². The van der Waals surface area contributed by atoms with Gasteiger partial charge in [-0.15, -0.1) is 11.3 Å². The number of amides is 1. The molecule has 1 aromatic carbocycles. The van der Waals surface area contributed by atoms with E-state index in [-0.39, 0.29) is 5.56 Å². The van der Waals surface area contributed by atoms with Gasteiger partial charge in [0.2, 0.25) is 5.95 Å². The molecule has 1 aliphatic rings. The standard InChI is InChI=1S/C25H28N8O3S/c1-31(2)18-6-4-5-16(11-18)22-28-20-12-19(37-21(20)23(29-22)33-7-9-36-10-8-33)15-32(3)25-26-13-17(14-27-25)24(34)30-35/h4-6,11-14,35H,7-10,15H2,1-3H3,(H,30,34). The van der Waals surface area contributed by atoms with Crippen LogP contribution in [0.3, 0.4) is 0 Å². The molecule has 11 nitrogen and oxygen atoms in total. The third-order valence-electron chi connectivity index (χ3n) is 6.07. The van der Waals surface area contributed by atoms with E-state index in [1.807, 2.05) is 38.2 Å². The minimum atomic E-state index is -0.653. The van der Waals surface area contributed by atoms with Gasteiger partial charge < -0.3 is 19.4 Å². The van der Waals surface area contributed by atoms with Crippen molar-refractivity contribution in [3.8, 4) is 11.4 Å². The number of rotatable bonds is 7. The van der Waals surface area contributed by atoms with E-state index < -0.39 is 5.91 Å². The van der Waals surface area contributed by atoms with Gasteiger partial charge in [0, 0.05) is 62.8 Å². The molecule has 0 atom stereocenters. The topological polar surface area (TPSA) is 120 Å². The molecule has 0 unspecified atom stereocenters. The first-order chi connectivity index (χ1) is 17.9. The molecule has 1 aliphatic heterocycles. The van der Waals surface area contributed by atoms with Crippen molar-refractivity contribution in [3.63, 3.8) is 0 Å². The number of hydrogen-bond acceptors (Lipinski definition) is 11. The van der Waals surface area contributed by atoms with Crippen LogP contribution >= 0.6 is 11.3 Å². The van der Waals surface area contributed by atoms with E-state index in [4.69, 9.17) is 19.9 Å². The minimum absolute atomic E-state index is 0.179. The van der Waals surface area contributed by atoms with E-state index in [9.17, 15) is 4.79 Å². The van der Waals surface area contributed by atoms with E-state index >= 15 is 0 Å². The SMILES string of the molecule is CN(C)c1cccc(-c2nc(N3CCOCC3)c3sc(CN(C)c4ncc(C(=O)NO)cn4)cc3n2)c1. The molecule has 1 fully saturated rings. The van der Waals surface area contributed by atoms with Crippen molar-refractivity contribution in [2.45, 2.75) is 6.54 Å². The van der Waals surface area contributed by atoms with Crippen molar-refractivity contribution < 1.29 is 14.7 Å². The van der Waals surface area contributed by atoms with Crippen LogP contribution in [0, 0.1) is 0 Å². The lowest BCUT2D eigenvalue weighted by molar-refractivity contribution is 0.0705. The Morgan fingerprint density at radius 2 is 1.89 bits per heavy atom. The van der Waals surface area contributed by atoms with Crippen LogP contribution in [0.2, 0.25) is 0 Å². The molecule has 5 rings (SSSR count). The Balaban J connectivity index is 1.49. The molecule has 4 aromatic rings. The highest BCUT2D eigenvalue weighted by Gasteiger charge is 2.21. The zero-order valence-corrected chi connectivity index (χ0v) is 21.7. The number of benzene rings is 1. The smallest absolute Gasteiger partial charge is 0.277 e. The van der Waals surface area contributed by atoms with Crippen LogP contribution in [0.5, 0.6) is 0 Å². The summed E-state index contributed by atoms with van der Waals surface area (Å²) in [6.45, 7) is 3.44. The Morgan fingerprint density at radius 3 is 2.59 bits per heavy atom. The molecule has 0 spiro atoms. The van der Waals surface area contributed by atoms with Crippen LogP contribution in [-0.4, -0.2) is 78.5 Å². The molecule has 0 radical (unpaired) electrons. The maximum absolute atomic E-state index is 11.5. The molecule has 1 saturated heterocycles. The van der Waals surface area contributed by atoms with Gasteiger partial charge in [0.1, 0.15) is 0 Å². The molecule has 1 amide bonds. The Kier molecular flexibility index (Phi) is 7.12. The number of aromatic nitrogens is 4. The molecule has 0 bridgehead atoms. The summed E-state index contributed by atoms with van der Waals surface area (Å²) in [7, 11) is 5.92. The Morgan fingerprint density at radius 1 is 1.14 bits per heavy atom. The van der Waals surface area contributed by atoms with Gasteiger partial charge in [-0.1, -0.05) is 12.1 Å². The second kappa shape index (κ2) is 10.6. The molecular formula is C25H28N8O3S.